The lowest BCUT2D eigenvalue weighted by molar-refractivity contribution is -0.118. The lowest BCUT2D eigenvalue weighted by Crippen LogP contribution is -2.24. The molecule has 30 heavy (non-hydrogen) atoms. The lowest BCUT2D eigenvalue weighted by atomic mass is 10.1. The number of nitrogens with one attached hydrogen (secondary N) is 1. The second-order valence-corrected chi connectivity index (χ2v) is 7.56. The van der Waals surface area contributed by atoms with Crippen LogP contribution in [0.5, 0.6) is 0 Å². The van der Waals surface area contributed by atoms with E-state index in [2.05, 4.69) is 5.32 Å². The van der Waals surface area contributed by atoms with Crippen LogP contribution < -0.4 is 5.32 Å². The van der Waals surface area contributed by atoms with Crippen LogP contribution in [0.3, 0.4) is 0 Å². The number of aromatic nitrogens is 2. The van der Waals surface area contributed by atoms with Crippen LogP contribution in [0.25, 0.3) is 22.2 Å². The maximum Gasteiger partial charge on any atom is 0.248 e. The van der Waals surface area contributed by atoms with Crippen molar-refractivity contribution in [1.29, 1.82) is 0 Å². The summed E-state index contributed by atoms with van der Waals surface area (Å²) < 4.78 is 1.72. The minimum atomic E-state index is -0.557. The molecule has 3 aromatic carbocycles. The van der Waals surface area contributed by atoms with E-state index in [4.69, 9.17) is 16.7 Å². The van der Waals surface area contributed by atoms with Gasteiger partial charge in [0.25, 0.3) is 0 Å². The molecule has 1 heterocycles. The number of anilines is 1. The highest BCUT2D eigenvalue weighted by Crippen LogP contribution is 2.32. The SMILES string of the molecule is CC(=O)c1ccc(NC(=O)[C@@H](C)n2nc(-c3ccccc3)c3cc(Cl)ccc32)cc1. The highest BCUT2D eigenvalue weighted by Gasteiger charge is 2.21. The number of amides is 1. The van der Waals surface area contributed by atoms with Crippen LogP contribution in [0.2, 0.25) is 5.02 Å². The molecule has 0 bridgehead atoms. The summed E-state index contributed by atoms with van der Waals surface area (Å²) in [7, 11) is 0. The minimum absolute atomic E-state index is 0.0173. The summed E-state index contributed by atoms with van der Waals surface area (Å²) in [4.78, 5) is 24.4. The van der Waals surface area contributed by atoms with Crippen molar-refractivity contribution in [3.63, 3.8) is 0 Å². The van der Waals surface area contributed by atoms with Gasteiger partial charge in [0.2, 0.25) is 5.91 Å². The van der Waals surface area contributed by atoms with Gasteiger partial charge in [-0.1, -0.05) is 41.9 Å². The van der Waals surface area contributed by atoms with Crippen molar-refractivity contribution in [2.24, 2.45) is 0 Å². The molecule has 5 nitrogen and oxygen atoms in total. The van der Waals surface area contributed by atoms with Gasteiger partial charge in [0.15, 0.2) is 5.78 Å². The zero-order chi connectivity index (χ0) is 21.3. The molecule has 1 amide bonds. The van der Waals surface area contributed by atoms with Crippen molar-refractivity contribution in [2.45, 2.75) is 19.9 Å². The molecule has 0 saturated heterocycles. The van der Waals surface area contributed by atoms with Gasteiger partial charge in [-0.05, 0) is 56.3 Å². The Kier molecular flexibility index (Phi) is 5.38. The van der Waals surface area contributed by atoms with Gasteiger partial charge in [-0.3, -0.25) is 14.3 Å². The Bertz CT molecular complexity index is 1230. The molecular weight excluding hydrogens is 398 g/mol. The third-order valence-corrected chi connectivity index (χ3v) is 5.26. The van der Waals surface area contributed by atoms with E-state index in [0.29, 0.717) is 16.3 Å². The van der Waals surface area contributed by atoms with E-state index in [1.165, 1.54) is 6.92 Å². The maximum atomic E-state index is 12.9. The molecule has 6 heteroatoms. The van der Waals surface area contributed by atoms with Gasteiger partial charge in [0, 0.05) is 27.2 Å². The van der Waals surface area contributed by atoms with Crippen molar-refractivity contribution >= 4 is 39.9 Å². The first-order chi connectivity index (χ1) is 14.4. The molecule has 0 radical (unpaired) electrons. The summed E-state index contributed by atoms with van der Waals surface area (Å²) in [6, 6.07) is 21.6. The van der Waals surface area contributed by atoms with E-state index in [1.807, 2.05) is 42.5 Å². The summed E-state index contributed by atoms with van der Waals surface area (Å²) in [6.45, 7) is 3.31. The van der Waals surface area contributed by atoms with Crippen LogP contribution in [-0.2, 0) is 4.79 Å². The van der Waals surface area contributed by atoms with E-state index >= 15 is 0 Å². The first kappa shape index (κ1) is 19.9. The van der Waals surface area contributed by atoms with Crippen LogP contribution in [0, 0.1) is 0 Å². The van der Waals surface area contributed by atoms with Crippen LogP contribution in [0.1, 0.15) is 30.2 Å². The average Bonchev–Trinajstić information content (AvgIpc) is 3.12. The number of Topliss-reactive ketones (excluding diaryl/α,β-unsaturated/α-hetero) is 1. The first-order valence-electron chi connectivity index (χ1n) is 9.59. The Hall–Kier alpha value is -3.44. The number of halogens is 1. The molecule has 1 N–H and O–H groups in total. The molecule has 0 fully saturated rings. The molecule has 0 aliphatic heterocycles. The molecule has 4 aromatic rings. The Labute approximate surface area is 179 Å². The van der Waals surface area contributed by atoms with Gasteiger partial charge in [-0.25, -0.2) is 0 Å². The van der Waals surface area contributed by atoms with E-state index in [-0.39, 0.29) is 11.7 Å². The van der Waals surface area contributed by atoms with Crippen LogP contribution in [0.4, 0.5) is 5.69 Å². The number of carbonyl (C=O) groups is 2. The Morgan fingerprint density at radius 2 is 1.70 bits per heavy atom. The highest BCUT2D eigenvalue weighted by atomic mass is 35.5. The smallest absolute Gasteiger partial charge is 0.248 e. The summed E-state index contributed by atoms with van der Waals surface area (Å²) in [5.41, 5.74) is 3.78. The van der Waals surface area contributed by atoms with Gasteiger partial charge in [0.05, 0.1) is 5.52 Å². The second-order valence-electron chi connectivity index (χ2n) is 7.12. The highest BCUT2D eigenvalue weighted by molar-refractivity contribution is 6.31. The maximum absolute atomic E-state index is 12.9. The Morgan fingerprint density at radius 3 is 2.37 bits per heavy atom. The van der Waals surface area contributed by atoms with Crippen molar-refractivity contribution < 1.29 is 9.59 Å². The zero-order valence-electron chi connectivity index (χ0n) is 16.6. The predicted octanol–water partition coefficient (Wildman–Crippen LogP) is 5.76. The Balaban J connectivity index is 1.68. The number of hydrogen-bond acceptors (Lipinski definition) is 3. The van der Waals surface area contributed by atoms with E-state index < -0.39 is 6.04 Å². The first-order valence-corrected chi connectivity index (χ1v) is 9.97. The summed E-state index contributed by atoms with van der Waals surface area (Å²) in [6.07, 6.45) is 0. The largest absolute Gasteiger partial charge is 0.324 e. The van der Waals surface area contributed by atoms with Crippen LogP contribution in [0.15, 0.2) is 72.8 Å². The van der Waals surface area contributed by atoms with Crippen LogP contribution in [-0.4, -0.2) is 21.5 Å². The van der Waals surface area contributed by atoms with Crippen LogP contribution >= 0.6 is 11.6 Å². The van der Waals surface area contributed by atoms with E-state index in [1.54, 1.807) is 41.9 Å². The molecule has 0 spiro atoms. The second kappa shape index (κ2) is 8.13. The number of rotatable bonds is 5. The molecule has 1 aromatic heterocycles. The van der Waals surface area contributed by atoms with E-state index in [9.17, 15) is 9.59 Å². The lowest BCUT2D eigenvalue weighted by Gasteiger charge is -2.14. The monoisotopic (exact) mass is 417 g/mol. The van der Waals surface area contributed by atoms with Gasteiger partial charge in [-0.2, -0.15) is 5.10 Å². The van der Waals surface area contributed by atoms with Gasteiger partial charge in [-0.15, -0.1) is 0 Å². The third-order valence-electron chi connectivity index (χ3n) is 5.02. The molecule has 150 valence electrons. The van der Waals surface area contributed by atoms with Gasteiger partial charge < -0.3 is 5.32 Å². The number of nitrogens with zero attached hydrogens (tertiary/aromatic N) is 2. The molecule has 0 aliphatic rings. The van der Waals surface area contributed by atoms with Crippen molar-refractivity contribution in [3.05, 3.63) is 83.4 Å². The van der Waals surface area contributed by atoms with Crippen molar-refractivity contribution in [2.75, 3.05) is 5.32 Å². The molecule has 0 unspecified atom stereocenters. The quantitative estimate of drug-likeness (QED) is 0.420. The minimum Gasteiger partial charge on any atom is -0.324 e. The standard InChI is InChI=1S/C24H20ClN3O2/c1-15(24(30)26-20-11-8-17(9-12-20)16(2)29)28-22-13-10-19(25)14-21(22)23(27-28)18-6-4-3-5-7-18/h3-15H,1-2H3,(H,26,30)/t15-/m1/s1. The average molecular weight is 418 g/mol. The molecule has 0 aliphatic carbocycles. The zero-order valence-corrected chi connectivity index (χ0v) is 17.4. The Morgan fingerprint density at radius 1 is 1.00 bits per heavy atom. The van der Waals surface area contributed by atoms with Crippen molar-refractivity contribution in [3.8, 4) is 11.3 Å². The number of benzene rings is 3. The number of hydrogen-bond donors (Lipinski definition) is 1. The third kappa shape index (κ3) is 3.84. The fraction of sp³-hybridized carbons (Fsp3) is 0.125. The molecule has 0 saturated carbocycles. The predicted molar refractivity (Wildman–Crippen MR) is 120 cm³/mol. The number of fused-ring (bicyclic) bond motifs is 1. The fourth-order valence-electron chi connectivity index (χ4n) is 3.36. The number of ketones is 1. The summed E-state index contributed by atoms with van der Waals surface area (Å²) >= 11 is 6.23. The molecule has 4 rings (SSSR count). The number of carbonyl (C=O) groups excluding carboxylic acids is 2. The fourth-order valence-corrected chi connectivity index (χ4v) is 3.54. The topological polar surface area (TPSA) is 64.0 Å². The van der Waals surface area contributed by atoms with Gasteiger partial charge in [0.1, 0.15) is 11.7 Å². The summed E-state index contributed by atoms with van der Waals surface area (Å²) in [5.74, 6) is -0.221. The molecule has 1 atom stereocenters. The normalized spacial score (nSPS) is 12.0. The molecular formula is C24H20ClN3O2. The van der Waals surface area contributed by atoms with E-state index in [0.717, 1.165) is 22.2 Å². The van der Waals surface area contributed by atoms with Gasteiger partial charge >= 0.3 is 0 Å². The summed E-state index contributed by atoms with van der Waals surface area (Å²) in [5, 5.41) is 9.15. The van der Waals surface area contributed by atoms with Crippen molar-refractivity contribution in [1.82, 2.24) is 9.78 Å².